The van der Waals surface area contributed by atoms with Crippen molar-refractivity contribution in [2.24, 2.45) is 0 Å². The molecule has 0 amide bonds. The zero-order valence-electron chi connectivity index (χ0n) is 10.2. The van der Waals surface area contributed by atoms with E-state index in [0.717, 1.165) is 44.7 Å². The van der Waals surface area contributed by atoms with Crippen LogP contribution in [0.3, 0.4) is 0 Å². The third-order valence-electron chi connectivity index (χ3n) is 3.23. The summed E-state index contributed by atoms with van der Waals surface area (Å²) in [5.74, 6) is 0. The van der Waals surface area contributed by atoms with Crippen LogP contribution in [0.5, 0.6) is 0 Å². The molecule has 90 valence electrons. The van der Waals surface area contributed by atoms with E-state index in [1.807, 2.05) is 6.92 Å². The van der Waals surface area contributed by atoms with Gasteiger partial charge < -0.3 is 5.11 Å². The van der Waals surface area contributed by atoms with Crippen LogP contribution < -0.4 is 0 Å². The molecule has 2 heterocycles. The van der Waals surface area contributed by atoms with Crippen molar-refractivity contribution in [3.8, 4) is 0 Å². The predicted octanol–water partition coefficient (Wildman–Crippen LogP) is 1.17. The number of rotatable bonds is 3. The van der Waals surface area contributed by atoms with E-state index in [9.17, 15) is 5.11 Å². The molecule has 1 aliphatic heterocycles. The number of aryl methyl sites for hydroxylation is 2. The van der Waals surface area contributed by atoms with Gasteiger partial charge in [0.1, 0.15) is 0 Å². The lowest BCUT2D eigenvalue weighted by Gasteiger charge is -2.29. The van der Waals surface area contributed by atoms with Crippen LogP contribution in [0.25, 0.3) is 0 Å². The van der Waals surface area contributed by atoms with Crippen LogP contribution in [0.4, 0.5) is 0 Å². The minimum atomic E-state index is -0.0888. The van der Waals surface area contributed by atoms with Gasteiger partial charge in [-0.05, 0) is 32.8 Å². The summed E-state index contributed by atoms with van der Waals surface area (Å²) < 4.78 is 2.07. The Kier molecular flexibility index (Phi) is 3.61. The number of aromatic nitrogens is 2. The molecule has 0 spiro atoms. The number of aliphatic hydroxyl groups is 1. The standard InChI is InChI=1S/C12H21N3O/c1-3-15-11(8-10(2)13-15)9-14-6-4-12(16)5-7-14/h8,12,16H,3-7,9H2,1-2H3. The molecule has 0 aromatic carbocycles. The average Bonchev–Trinajstić information content (AvgIpc) is 2.62. The maximum Gasteiger partial charge on any atom is 0.0597 e. The zero-order chi connectivity index (χ0) is 11.5. The Bertz CT molecular complexity index is 340. The van der Waals surface area contributed by atoms with E-state index >= 15 is 0 Å². The normalized spacial score (nSPS) is 19.2. The Labute approximate surface area is 96.9 Å². The smallest absolute Gasteiger partial charge is 0.0597 e. The highest BCUT2D eigenvalue weighted by molar-refractivity contribution is 5.09. The van der Waals surface area contributed by atoms with E-state index in [-0.39, 0.29) is 6.10 Å². The summed E-state index contributed by atoms with van der Waals surface area (Å²) in [4.78, 5) is 2.40. The lowest BCUT2D eigenvalue weighted by atomic mass is 10.1. The molecule has 2 rings (SSSR count). The lowest BCUT2D eigenvalue weighted by Crippen LogP contribution is -2.35. The molecule has 1 N–H and O–H groups in total. The molecule has 4 heteroatoms. The van der Waals surface area contributed by atoms with Crippen molar-refractivity contribution in [3.05, 3.63) is 17.5 Å². The topological polar surface area (TPSA) is 41.3 Å². The van der Waals surface area contributed by atoms with Gasteiger partial charge in [0.25, 0.3) is 0 Å². The van der Waals surface area contributed by atoms with Crippen LogP contribution in [0.1, 0.15) is 31.2 Å². The van der Waals surface area contributed by atoms with Crippen LogP contribution in [0.15, 0.2) is 6.07 Å². The van der Waals surface area contributed by atoms with E-state index in [2.05, 4.69) is 27.7 Å². The summed E-state index contributed by atoms with van der Waals surface area (Å²) in [6, 6.07) is 2.16. The Morgan fingerprint density at radius 3 is 2.75 bits per heavy atom. The van der Waals surface area contributed by atoms with E-state index in [4.69, 9.17) is 0 Å². The van der Waals surface area contributed by atoms with Crippen molar-refractivity contribution in [2.45, 2.75) is 45.9 Å². The molecule has 0 radical (unpaired) electrons. The molecular formula is C12H21N3O. The van der Waals surface area contributed by atoms with E-state index in [0.29, 0.717) is 0 Å². The maximum atomic E-state index is 9.45. The molecule has 1 aromatic rings. The summed E-state index contributed by atoms with van der Waals surface area (Å²) >= 11 is 0. The maximum absolute atomic E-state index is 9.45. The first-order valence-corrected chi connectivity index (χ1v) is 6.12. The second kappa shape index (κ2) is 4.97. The van der Waals surface area contributed by atoms with Gasteiger partial charge in [0, 0.05) is 26.2 Å². The Morgan fingerprint density at radius 1 is 1.44 bits per heavy atom. The van der Waals surface area contributed by atoms with E-state index < -0.39 is 0 Å². The summed E-state index contributed by atoms with van der Waals surface area (Å²) in [5.41, 5.74) is 2.38. The summed E-state index contributed by atoms with van der Waals surface area (Å²) in [7, 11) is 0. The SMILES string of the molecule is CCn1nc(C)cc1CN1CCC(O)CC1. The minimum Gasteiger partial charge on any atom is -0.393 e. The van der Waals surface area contributed by atoms with Gasteiger partial charge in [-0.3, -0.25) is 9.58 Å². The quantitative estimate of drug-likeness (QED) is 0.836. The monoisotopic (exact) mass is 223 g/mol. The average molecular weight is 223 g/mol. The van der Waals surface area contributed by atoms with Gasteiger partial charge in [-0.15, -0.1) is 0 Å². The van der Waals surface area contributed by atoms with Crippen LogP contribution in [0.2, 0.25) is 0 Å². The highest BCUT2D eigenvalue weighted by Gasteiger charge is 2.18. The molecule has 0 unspecified atom stereocenters. The molecule has 0 bridgehead atoms. The fourth-order valence-corrected chi connectivity index (χ4v) is 2.31. The molecule has 1 saturated heterocycles. The van der Waals surface area contributed by atoms with Gasteiger partial charge in [0.15, 0.2) is 0 Å². The highest BCUT2D eigenvalue weighted by atomic mass is 16.3. The van der Waals surface area contributed by atoms with Gasteiger partial charge in [0.2, 0.25) is 0 Å². The number of hydrogen-bond acceptors (Lipinski definition) is 3. The van der Waals surface area contributed by atoms with Gasteiger partial charge in [-0.2, -0.15) is 5.10 Å². The van der Waals surface area contributed by atoms with Crippen molar-refractivity contribution < 1.29 is 5.11 Å². The van der Waals surface area contributed by atoms with Crippen molar-refractivity contribution in [1.82, 2.24) is 14.7 Å². The van der Waals surface area contributed by atoms with Crippen molar-refractivity contribution in [3.63, 3.8) is 0 Å². The molecule has 4 nitrogen and oxygen atoms in total. The second-order valence-electron chi connectivity index (χ2n) is 4.60. The number of nitrogens with zero attached hydrogens (tertiary/aromatic N) is 3. The van der Waals surface area contributed by atoms with Crippen molar-refractivity contribution >= 4 is 0 Å². The molecule has 1 aromatic heterocycles. The van der Waals surface area contributed by atoms with Gasteiger partial charge in [-0.1, -0.05) is 0 Å². The first kappa shape index (κ1) is 11.6. The first-order chi connectivity index (χ1) is 7.69. The number of hydrogen-bond donors (Lipinski definition) is 1. The third-order valence-corrected chi connectivity index (χ3v) is 3.23. The summed E-state index contributed by atoms with van der Waals surface area (Å²) in [6.45, 7) is 8.04. The highest BCUT2D eigenvalue weighted by Crippen LogP contribution is 2.14. The Balaban J connectivity index is 1.97. The van der Waals surface area contributed by atoms with E-state index in [1.54, 1.807) is 0 Å². The first-order valence-electron chi connectivity index (χ1n) is 6.12. The number of aliphatic hydroxyl groups excluding tert-OH is 1. The summed E-state index contributed by atoms with van der Waals surface area (Å²) in [5, 5.41) is 13.9. The van der Waals surface area contributed by atoms with Gasteiger partial charge in [-0.25, -0.2) is 0 Å². The van der Waals surface area contributed by atoms with Gasteiger partial charge in [0.05, 0.1) is 17.5 Å². The Hall–Kier alpha value is -0.870. The summed E-state index contributed by atoms with van der Waals surface area (Å²) in [6.07, 6.45) is 1.72. The van der Waals surface area contributed by atoms with Crippen LogP contribution in [-0.2, 0) is 13.1 Å². The molecule has 1 aliphatic rings. The van der Waals surface area contributed by atoms with Crippen molar-refractivity contribution in [2.75, 3.05) is 13.1 Å². The minimum absolute atomic E-state index is 0.0888. The van der Waals surface area contributed by atoms with Crippen molar-refractivity contribution in [1.29, 1.82) is 0 Å². The lowest BCUT2D eigenvalue weighted by molar-refractivity contribution is 0.0780. The second-order valence-corrected chi connectivity index (χ2v) is 4.60. The molecule has 0 aliphatic carbocycles. The number of piperidine rings is 1. The number of likely N-dealkylation sites (tertiary alicyclic amines) is 1. The predicted molar refractivity (Wildman–Crippen MR) is 63.2 cm³/mol. The molecule has 16 heavy (non-hydrogen) atoms. The van der Waals surface area contributed by atoms with Crippen LogP contribution >= 0.6 is 0 Å². The molecular weight excluding hydrogens is 202 g/mol. The third kappa shape index (κ3) is 2.62. The molecule has 0 saturated carbocycles. The van der Waals surface area contributed by atoms with Gasteiger partial charge >= 0.3 is 0 Å². The van der Waals surface area contributed by atoms with Crippen LogP contribution in [-0.4, -0.2) is 39.0 Å². The Morgan fingerprint density at radius 2 is 2.12 bits per heavy atom. The molecule has 1 fully saturated rings. The fraction of sp³-hybridized carbons (Fsp3) is 0.750. The van der Waals surface area contributed by atoms with E-state index in [1.165, 1.54) is 5.69 Å². The fourth-order valence-electron chi connectivity index (χ4n) is 2.31. The largest absolute Gasteiger partial charge is 0.393 e. The zero-order valence-corrected chi connectivity index (χ0v) is 10.2. The molecule has 0 atom stereocenters. The van der Waals surface area contributed by atoms with Crippen LogP contribution in [0, 0.1) is 6.92 Å².